The van der Waals surface area contributed by atoms with Crippen molar-refractivity contribution < 1.29 is 5.11 Å². The number of nitrogens with one attached hydrogen (secondary N) is 1. The molecule has 0 heterocycles. The summed E-state index contributed by atoms with van der Waals surface area (Å²) in [6.45, 7) is 1.34. The number of rotatable bonds is 5. The molecular weight excluding hydrogens is 182 g/mol. The lowest BCUT2D eigenvalue weighted by Gasteiger charge is -2.36. The van der Waals surface area contributed by atoms with Crippen molar-refractivity contribution in [1.82, 2.24) is 5.32 Å². The van der Waals surface area contributed by atoms with Gasteiger partial charge in [-0.2, -0.15) is 11.8 Å². The SMILES string of the molecule is CSCCNC1(CO)CCCCC1. The van der Waals surface area contributed by atoms with Crippen molar-refractivity contribution in [2.75, 3.05) is 25.2 Å². The van der Waals surface area contributed by atoms with E-state index in [0.717, 1.165) is 25.1 Å². The molecule has 0 aliphatic heterocycles. The molecule has 0 atom stereocenters. The standard InChI is InChI=1S/C10H21NOS/c1-13-8-7-11-10(9-12)5-3-2-4-6-10/h11-12H,2-9H2,1H3. The average Bonchev–Trinajstić information content (AvgIpc) is 2.20. The van der Waals surface area contributed by atoms with Gasteiger partial charge in [0.05, 0.1) is 6.61 Å². The maximum absolute atomic E-state index is 9.37. The van der Waals surface area contributed by atoms with Gasteiger partial charge in [0.25, 0.3) is 0 Å². The summed E-state index contributed by atoms with van der Waals surface area (Å²) in [5.41, 5.74) is 0.0635. The lowest BCUT2D eigenvalue weighted by Crippen LogP contribution is -2.50. The first-order chi connectivity index (χ1) is 6.33. The van der Waals surface area contributed by atoms with Crippen LogP contribution in [0.3, 0.4) is 0 Å². The van der Waals surface area contributed by atoms with Crippen LogP contribution in [0.15, 0.2) is 0 Å². The monoisotopic (exact) mass is 203 g/mol. The minimum atomic E-state index is 0.0635. The Bertz CT molecular complexity index is 135. The molecule has 3 heteroatoms. The molecule has 1 aliphatic carbocycles. The van der Waals surface area contributed by atoms with Crippen molar-refractivity contribution in [2.45, 2.75) is 37.6 Å². The average molecular weight is 203 g/mol. The van der Waals surface area contributed by atoms with Crippen LogP contribution in [0.5, 0.6) is 0 Å². The van der Waals surface area contributed by atoms with Gasteiger partial charge in [-0.25, -0.2) is 0 Å². The van der Waals surface area contributed by atoms with Gasteiger partial charge in [0.15, 0.2) is 0 Å². The number of aliphatic hydroxyl groups is 1. The first-order valence-corrected chi connectivity index (χ1v) is 6.57. The van der Waals surface area contributed by atoms with Crippen LogP contribution in [0, 0.1) is 0 Å². The first-order valence-electron chi connectivity index (χ1n) is 5.18. The van der Waals surface area contributed by atoms with Crippen LogP contribution < -0.4 is 5.32 Å². The zero-order valence-corrected chi connectivity index (χ0v) is 9.33. The molecular formula is C10H21NOS. The van der Waals surface area contributed by atoms with Gasteiger partial charge in [-0.1, -0.05) is 19.3 Å². The highest BCUT2D eigenvalue weighted by atomic mass is 32.2. The van der Waals surface area contributed by atoms with Gasteiger partial charge in [0.2, 0.25) is 0 Å². The van der Waals surface area contributed by atoms with Crippen LogP contribution >= 0.6 is 11.8 Å². The maximum atomic E-state index is 9.37. The molecule has 0 bridgehead atoms. The molecule has 2 nitrogen and oxygen atoms in total. The molecule has 78 valence electrons. The van der Waals surface area contributed by atoms with E-state index >= 15 is 0 Å². The van der Waals surface area contributed by atoms with Crippen LogP contribution in [0.1, 0.15) is 32.1 Å². The van der Waals surface area contributed by atoms with Crippen LogP contribution in [0.25, 0.3) is 0 Å². The second-order valence-electron chi connectivity index (χ2n) is 3.92. The van der Waals surface area contributed by atoms with Crippen LogP contribution in [0.2, 0.25) is 0 Å². The lowest BCUT2D eigenvalue weighted by molar-refractivity contribution is 0.123. The van der Waals surface area contributed by atoms with Gasteiger partial charge in [-0.3, -0.25) is 0 Å². The fourth-order valence-electron chi connectivity index (χ4n) is 2.04. The third-order valence-electron chi connectivity index (χ3n) is 2.92. The van der Waals surface area contributed by atoms with Crippen LogP contribution in [-0.4, -0.2) is 35.8 Å². The number of aliphatic hydroxyl groups excluding tert-OH is 1. The maximum Gasteiger partial charge on any atom is 0.0613 e. The summed E-state index contributed by atoms with van der Waals surface area (Å²) < 4.78 is 0. The Labute approximate surface area is 85.5 Å². The van der Waals surface area contributed by atoms with Gasteiger partial charge < -0.3 is 10.4 Å². The molecule has 2 N–H and O–H groups in total. The summed E-state index contributed by atoms with van der Waals surface area (Å²) in [5, 5.41) is 12.9. The lowest BCUT2D eigenvalue weighted by atomic mass is 9.82. The quantitative estimate of drug-likeness (QED) is 0.666. The molecule has 0 saturated heterocycles. The van der Waals surface area contributed by atoms with Crippen molar-refractivity contribution in [2.24, 2.45) is 0 Å². The normalized spacial score (nSPS) is 21.7. The number of thioether (sulfide) groups is 1. The predicted molar refractivity (Wildman–Crippen MR) is 59.3 cm³/mol. The second-order valence-corrected chi connectivity index (χ2v) is 4.90. The second kappa shape index (κ2) is 5.89. The van der Waals surface area contributed by atoms with E-state index in [-0.39, 0.29) is 5.54 Å². The van der Waals surface area contributed by atoms with Gasteiger partial charge in [-0.05, 0) is 19.1 Å². The summed E-state index contributed by atoms with van der Waals surface area (Å²) >= 11 is 1.86. The Morgan fingerprint density at radius 2 is 2.00 bits per heavy atom. The molecule has 1 aliphatic rings. The van der Waals surface area contributed by atoms with Gasteiger partial charge in [0.1, 0.15) is 0 Å². The highest BCUT2D eigenvalue weighted by molar-refractivity contribution is 7.98. The zero-order chi connectivity index (χ0) is 9.57. The summed E-state index contributed by atoms with van der Waals surface area (Å²) in [6.07, 6.45) is 8.30. The fourth-order valence-corrected chi connectivity index (χ4v) is 2.34. The van der Waals surface area contributed by atoms with E-state index < -0.39 is 0 Å². The van der Waals surface area contributed by atoms with E-state index in [1.54, 1.807) is 0 Å². The molecule has 0 amide bonds. The van der Waals surface area contributed by atoms with E-state index in [4.69, 9.17) is 0 Å². The van der Waals surface area contributed by atoms with Crippen molar-refractivity contribution in [3.63, 3.8) is 0 Å². The summed E-state index contributed by atoms with van der Waals surface area (Å²) in [4.78, 5) is 0. The fraction of sp³-hybridized carbons (Fsp3) is 1.00. The van der Waals surface area contributed by atoms with E-state index in [1.807, 2.05) is 11.8 Å². The molecule has 0 aromatic carbocycles. The summed E-state index contributed by atoms with van der Waals surface area (Å²) in [5.74, 6) is 1.14. The van der Waals surface area contributed by atoms with Crippen LogP contribution in [0.4, 0.5) is 0 Å². The minimum absolute atomic E-state index is 0.0635. The molecule has 1 saturated carbocycles. The molecule has 0 unspecified atom stereocenters. The smallest absolute Gasteiger partial charge is 0.0613 e. The molecule has 13 heavy (non-hydrogen) atoms. The molecule has 1 rings (SSSR count). The molecule has 1 fully saturated rings. The van der Waals surface area contributed by atoms with Crippen molar-refractivity contribution >= 4 is 11.8 Å². The summed E-state index contributed by atoms with van der Waals surface area (Å²) in [7, 11) is 0. The zero-order valence-electron chi connectivity index (χ0n) is 8.51. The Morgan fingerprint density at radius 3 is 2.54 bits per heavy atom. The topological polar surface area (TPSA) is 32.3 Å². The van der Waals surface area contributed by atoms with E-state index in [9.17, 15) is 5.11 Å². The van der Waals surface area contributed by atoms with Gasteiger partial charge in [0, 0.05) is 17.8 Å². The molecule has 0 aromatic heterocycles. The number of hydrogen-bond acceptors (Lipinski definition) is 3. The highest BCUT2D eigenvalue weighted by Gasteiger charge is 2.30. The van der Waals surface area contributed by atoms with Crippen molar-refractivity contribution in [1.29, 1.82) is 0 Å². The predicted octanol–water partition coefficient (Wildman–Crippen LogP) is 1.63. The third-order valence-corrected chi connectivity index (χ3v) is 3.53. The van der Waals surface area contributed by atoms with Gasteiger partial charge >= 0.3 is 0 Å². The Kier molecular flexibility index (Phi) is 5.14. The minimum Gasteiger partial charge on any atom is -0.394 e. The van der Waals surface area contributed by atoms with Crippen molar-refractivity contribution in [3.8, 4) is 0 Å². The third kappa shape index (κ3) is 3.49. The molecule has 0 radical (unpaired) electrons. The van der Waals surface area contributed by atoms with Crippen molar-refractivity contribution in [3.05, 3.63) is 0 Å². The largest absolute Gasteiger partial charge is 0.394 e. The van der Waals surface area contributed by atoms with Gasteiger partial charge in [-0.15, -0.1) is 0 Å². The first kappa shape index (κ1) is 11.3. The molecule has 0 spiro atoms. The Balaban J connectivity index is 2.29. The van der Waals surface area contributed by atoms with E-state index in [1.165, 1.54) is 19.3 Å². The Hall–Kier alpha value is 0.270. The summed E-state index contributed by atoms with van der Waals surface area (Å²) in [6, 6.07) is 0. The van der Waals surface area contributed by atoms with Crippen LogP contribution in [-0.2, 0) is 0 Å². The highest BCUT2D eigenvalue weighted by Crippen LogP contribution is 2.27. The molecule has 0 aromatic rings. The van der Waals surface area contributed by atoms with E-state index in [0.29, 0.717) is 6.61 Å². The van der Waals surface area contributed by atoms with E-state index in [2.05, 4.69) is 11.6 Å². The Morgan fingerprint density at radius 1 is 1.31 bits per heavy atom. The number of hydrogen-bond donors (Lipinski definition) is 2.